The first-order valence-corrected chi connectivity index (χ1v) is 13.8. The van der Waals surface area contributed by atoms with Crippen LogP contribution in [0.3, 0.4) is 0 Å². The summed E-state index contributed by atoms with van der Waals surface area (Å²) in [6.07, 6.45) is 1.09. The molecule has 1 saturated heterocycles. The van der Waals surface area contributed by atoms with Gasteiger partial charge in [0.05, 0.1) is 14.2 Å². The van der Waals surface area contributed by atoms with Gasteiger partial charge in [-0.3, -0.25) is 14.4 Å². The molecule has 0 aliphatic carbocycles. The van der Waals surface area contributed by atoms with E-state index >= 15 is 0 Å². The summed E-state index contributed by atoms with van der Waals surface area (Å²) >= 11 is 1.61. The van der Waals surface area contributed by atoms with Crippen LogP contribution in [0.25, 0.3) is 0 Å². The number of amides is 3. The Morgan fingerprint density at radius 3 is 2.47 bits per heavy atom. The maximum absolute atomic E-state index is 13.7. The van der Waals surface area contributed by atoms with Crippen LogP contribution >= 0.6 is 11.8 Å². The van der Waals surface area contributed by atoms with Gasteiger partial charge in [-0.2, -0.15) is 0 Å². The highest BCUT2D eigenvalue weighted by Crippen LogP contribution is 2.56. The van der Waals surface area contributed by atoms with Crippen molar-refractivity contribution in [3.8, 4) is 11.5 Å². The third kappa shape index (κ3) is 5.48. The van der Waals surface area contributed by atoms with Gasteiger partial charge in [0.2, 0.25) is 11.8 Å². The molecule has 3 amide bonds. The number of carbonyl (C=O) groups excluding carboxylic acids is 3. The minimum absolute atomic E-state index is 0.136. The van der Waals surface area contributed by atoms with Crippen LogP contribution in [0.2, 0.25) is 0 Å². The topological polar surface area (TPSA) is 97.0 Å². The van der Waals surface area contributed by atoms with E-state index in [2.05, 4.69) is 10.6 Å². The van der Waals surface area contributed by atoms with Gasteiger partial charge >= 0.3 is 0 Å². The van der Waals surface area contributed by atoms with Crippen molar-refractivity contribution in [2.24, 2.45) is 5.92 Å². The zero-order valence-corrected chi connectivity index (χ0v) is 23.7. The van der Waals surface area contributed by atoms with Gasteiger partial charge in [0.25, 0.3) is 5.91 Å². The number of benzene rings is 2. The summed E-state index contributed by atoms with van der Waals surface area (Å²) in [5.74, 6) is 0.803. The zero-order valence-electron chi connectivity index (χ0n) is 22.9. The number of hydrogen-bond donors (Lipinski definition) is 2. The van der Waals surface area contributed by atoms with Crippen LogP contribution in [-0.4, -0.2) is 60.2 Å². The van der Waals surface area contributed by atoms with Crippen LogP contribution in [0, 0.1) is 5.92 Å². The fourth-order valence-electron chi connectivity index (χ4n) is 5.25. The molecule has 0 spiro atoms. The first kappa shape index (κ1) is 27.8. The molecule has 8 nitrogen and oxygen atoms in total. The minimum atomic E-state index is -0.701. The van der Waals surface area contributed by atoms with Crippen LogP contribution in [-0.2, 0) is 16.0 Å². The quantitative estimate of drug-likeness (QED) is 0.475. The number of methoxy groups -OCH3 is 2. The number of fused-ring (bicyclic) bond motifs is 3. The normalized spacial score (nSPS) is 20.1. The predicted molar refractivity (Wildman–Crippen MR) is 148 cm³/mol. The maximum atomic E-state index is 13.7. The summed E-state index contributed by atoms with van der Waals surface area (Å²) in [4.78, 5) is 41.9. The monoisotopic (exact) mass is 539 g/mol. The highest BCUT2D eigenvalue weighted by molar-refractivity contribution is 8.01. The van der Waals surface area contributed by atoms with Gasteiger partial charge in [-0.15, -0.1) is 11.8 Å². The van der Waals surface area contributed by atoms with Crippen molar-refractivity contribution in [1.82, 2.24) is 15.5 Å². The summed E-state index contributed by atoms with van der Waals surface area (Å²) in [6, 6.07) is 11.8. The average molecular weight is 540 g/mol. The molecule has 2 heterocycles. The molecule has 2 aromatic carbocycles. The van der Waals surface area contributed by atoms with Gasteiger partial charge in [0, 0.05) is 16.9 Å². The minimum Gasteiger partial charge on any atom is -0.493 e. The second-order valence-corrected chi connectivity index (χ2v) is 12.4. The molecule has 0 bridgehead atoms. The zero-order chi connectivity index (χ0) is 27.6. The molecule has 0 unspecified atom stereocenters. The molecule has 0 radical (unpaired) electrons. The smallest absolute Gasteiger partial charge is 0.256 e. The van der Waals surface area contributed by atoms with Crippen molar-refractivity contribution in [3.63, 3.8) is 0 Å². The van der Waals surface area contributed by atoms with Crippen LogP contribution in [0.1, 0.15) is 61.0 Å². The van der Waals surface area contributed by atoms with Crippen LogP contribution in [0.4, 0.5) is 0 Å². The first-order valence-electron chi connectivity index (χ1n) is 13.0. The van der Waals surface area contributed by atoms with E-state index in [4.69, 9.17) is 9.47 Å². The van der Waals surface area contributed by atoms with Gasteiger partial charge < -0.3 is 25.0 Å². The van der Waals surface area contributed by atoms with Gasteiger partial charge in [-0.05, 0) is 61.9 Å². The molecule has 3 atom stereocenters. The standard InChI is InChI=1S/C29H37N3O5S/c1-17(2)15-21(25(33)30-14-13-18-11-12-22(36-5)23(16-18)37-6)31-26(34)24-29(3,4)38-28-20-10-8-7-9-19(20)27(35)32(24)28/h7-12,16-17,21,24,28H,13-15H2,1-6H3,(H,30,33)(H,31,34)/t21-,24-,28+/m0/s1. The van der Waals surface area contributed by atoms with Crippen molar-refractivity contribution >= 4 is 29.5 Å². The molecule has 2 aliphatic rings. The summed E-state index contributed by atoms with van der Waals surface area (Å²) in [5, 5.41) is 5.76. The molecule has 204 valence electrons. The molecule has 0 aromatic heterocycles. The Bertz CT molecular complexity index is 1210. The lowest BCUT2D eigenvalue weighted by molar-refractivity contribution is -0.132. The summed E-state index contributed by atoms with van der Waals surface area (Å²) in [7, 11) is 3.17. The molecule has 4 rings (SSSR count). The Kier molecular flexibility index (Phi) is 8.25. The van der Waals surface area contributed by atoms with Gasteiger partial charge in [-0.25, -0.2) is 0 Å². The number of hydrogen-bond acceptors (Lipinski definition) is 6. The van der Waals surface area contributed by atoms with E-state index in [1.165, 1.54) is 0 Å². The number of carbonyl (C=O) groups is 3. The third-order valence-electron chi connectivity index (χ3n) is 7.05. The van der Waals surface area contributed by atoms with Gasteiger partial charge in [0.1, 0.15) is 17.5 Å². The van der Waals surface area contributed by atoms with Gasteiger partial charge in [-0.1, -0.05) is 38.1 Å². The fourth-order valence-corrected chi connectivity index (χ4v) is 6.84. The number of nitrogens with one attached hydrogen (secondary N) is 2. The Hall–Kier alpha value is -3.20. The van der Waals surface area contributed by atoms with E-state index in [-0.39, 0.29) is 29.0 Å². The number of rotatable bonds is 10. The third-order valence-corrected chi connectivity index (χ3v) is 8.58. The van der Waals surface area contributed by atoms with Crippen LogP contribution in [0.5, 0.6) is 11.5 Å². The van der Waals surface area contributed by atoms with Crippen molar-refractivity contribution in [2.45, 2.75) is 62.7 Å². The first-order chi connectivity index (χ1) is 18.1. The predicted octanol–water partition coefficient (Wildman–Crippen LogP) is 3.94. The molecular formula is C29H37N3O5S. The van der Waals surface area contributed by atoms with E-state index in [1.807, 2.05) is 70.2 Å². The second kappa shape index (κ2) is 11.3. The van der Waals surface area contributed by atoms with Gasteiger partial charge in [0.15, 0.2) is 11.5 Å². The molecule has 38 heavy (non-hydrogen) atoms. The van der Waals surface area contributed by atoms with Crippen molar-refractivity contribution < 1.29 is 23.9 Å². The highest BCUT2D eigenvalue weighted by Gasteiger charge is 2.57. The average Bonchev–Trinajstić information content (AvgIpc) is 3.31. The second-order valence-electron chi connectivity index (χ2n) is 10.7. The lowest BCUT2D eigenvalue weighted by Gasteiger charge is -2.31. The number of ether oxygens (including phenoxy) is 2. The summed E-state index contributed by atoms with van der Waals surface area (Å²) in [6.45, 7) is 8.41. The Balaban J connectivity index is 1.44. The van der Waals surface area contributed by atoms with Crippen LogP contribution < -0.4 is 20.1 Å². The molecule has 0 saturated carbocycles. The van der Waals surface area contributed by atoms with E-state index in [9.17, 15) is 14.4 Å². The molecule has 2 aliphatic heterocycles. The van der Waals surface area contributed by atoms with E-state index < -0.39 is 16.8 Å². The van der Waals surface area contributed by atoms with Crippen molar-refractivity contribution in [1.29, 1.82) is 0 Å². The molecule has 9 heteroatoms. The summed E-state index contributed by atoms with van der Waals surface area (Å²) in [5.41, 5.74) is 2.58. The Morgan fingerprint density at radius 2 is 1.79 bits per heavy atom. The lowest BCUT2D eigenvalue weighted by atomic mass is 9.98. The maximum Gasteiger partial charge on any atom is 0.256 e. The Morgan fingerprint density at radius 1 is 1.08 bits per heavy atom. The Labute approximate surface area is 228 Å². The molecule has 2 aromatic rings. The van der Waals surface area contributed by atoms with Crippen molar-refractivity contribution in [2.75, 3.05) is 20.8 Å². The van der Waals surface area contributed by atoms with Crippen molar-refractivity contribution in [3.05, 3.63) is 59.2 Å². The number of nitrogens with zero attached hydrogens (tertiary/aromatic N) is 1. The lowest BCUT2D eigenvalue weighted by Crippen LogP contribution is -2.57. The molecule has 2 N–H and O–H groups in total. The fraction of sp³-hybridized carbons (Fsp3) is 0.483. The van der Waals surface area contributed by atoms with Crippen LogP contribution in [0.15, 0.2) is 42.5 Å². The van der Waals surface area contributed by atoms with E-state index in [0.29, 0.717) is 36.4 Å². The van der Waals surface area contributed by atoms with E-state index in [1.54, 1.807) is 30.9 Å². The molecule has 1 fully saturated rings. The number of thioether (sulfide) groups is 1. The summed E-state index contributed by atoms with van der Waals surface area (Å²) < 4.78 is 10.1. The van der Waals surface area contributed by atoms with E-state index in [0.717, 1.165) is 11.1 Å². The largest absolute Gasteiger partial charge is 0.493 e. The SMILES string of the molecule is COc1ccc(CCNC(=O)[C@H](CC(C)C)NC(=O)[C@@H]2N3C(=O)c4ccccc4[C@H]3SC2(C)C)cc1OC. The molecular weight excluding hydrogens is 502 g/mol. The highest BCUT2D eigenvalue weighted by atomic mass is 32.2.